The summed E-state index contributed by atoms with van der Waals surface area (Å²) in [6, 6.07) is 14.2. The van der Waals surface area contributed by atoms with Gasteiger partial charge in [0.15, 0.2) is 0 Å². The van der Waals surface area contributed by atoms with E-state index in [1.54, 1.807) is 7.11 Å². The van der Waals surface area contributed by atoms with Crippen LogP contribution in [0.5, 0.6) is 5.75 Å². The van der Waals surface area contributed by atoms with Gasteiger partial charge in [0.25, 0.3) is 0 Å². The Morgan fingerprint density at radius 1 is 1.06 bits per heavy atom. The third-order valence-corrected chi connectivity index (χ3v) is 2.85. The molecule has 0 amide bonds. The molecule has 2 heteroatoms. The van der Waals surface area contributed by atoms with Gasteiger partial charge in [-0.1, -0.05) is 29.8 Å². The van der Waals surface area contributed by atoms with Gasteiger partial charge in [-0.05, 0) is 42.7 Å². The summed E-state index contributed by atoms with van der Waals surface area (Å²) in [5, 5.41) is 0. The van der Waals surface area contributed by atoms with Crippen LogP contribution in [0.15, 0.2) is 42.5 Å². The van der Waals surface area contributed by atoms with Crippen molar-refractivity contribution in [2.24, 2.45) is 0 Å². The number of aryl methyl sites for hydroxylation is 1. The Balaban J connectivity index is 2.22. The Kier molecular flexibility index (Phi) is 3.33. The van der Waals surface area contributed by atoms with Gasteiger partial charge in [-0.15, -0.1) is 0 Å². The second-order valence-electron chi connectivity index (χ2n) is 4.23. The first-order chi connectivity index (χ1) is 8.19. The summed E-state index contributed by atoms with van der Waals surface area (Å²) in [7, 11) is 1.67. The Hall–Kier alpha value is -1.96. The zero-order valence-electron chi connectivity index (χ0n) is 10.2. The fourth-order valence-corrected chi connectivity index (χ4v) is 1.85. The fourth-order valence-electron chi connectivity index (χ4n) is 1.85. The molecule has 2 nitrogen and oxygen atoms in total. The fraction of sp³-hybridized carbons (Fsp3) is 0.200. The second kappa shape index (κ2) is 4.91. The number of methoxy groups -OCH3 is 1. The predicted molar refractivity (Wildman–Crippen MR) is 71.4 cm³/mol. The second-order valence-corrected chi connectivity index (χ2v) is 4.23. The first kappa shape index (κ1) is 11.5. The van der Waals surface area contributed by atoms with E-state index in [2.05, 4.69) is 25.1 Å². The molecule has 0 atom stereocenters. The molecular weight excluding hydrogens is 210 g/mol. The van der Waals surface area contributed by atoms with Crippen LogP contribution in [0, 0.1) is 6.92 Å². The highest BCUT2D eigenvalue weighted by Gasteiger charge is 2.01. The number of hydrogen-bond acceptors (Lipinski definition) is 2. The minimum atomic E-state index is 0.853. The lowest BCUT2D eigenvalue weighted by molar-refractivity contribution is 0.414. The van der Waals surface area contributed by atoms with E-state index < -0.39 is 0 Å². The lowest BCUT2D eigenvalue weighted by Crippen LogP contribution is -1.96. The van der Waals surface area contributed by atoms with Gasteiger partial charge in [-0.2, -0.15) is 0 Å². The number of hydrogen-bond donors (Lipinski definition) is 1. The average Bonchev–Trinajstić information content (AvgIpc) is 2.35. The summed E-state index contributed by atoms with van der Waals surface area (Å²) >= 11 is 0. The van der Waals surface area contributed by atoms with Crippen molar-refractivity contribution in [2.75, 3.05) is 12.8 Å². The molecular formula is C15H17NO. The van der Waals surface area contributed by atoms with Crippen molar-refractivity contribution in [1.82, 2.24) is 0 Å². The van der Waals surface area contributed by atoms with Crippen LogP contribution in [-0.4, -0.2) is 7.11 Å². The lowest BCUT2D eigenvalue weighted by Gasteiger charge is -2.07. The van der Waals surface area contributed by atoms with Crippen LogP contribution in [0.25, 0.3) is 0 Å². The minimum Gasteiger partial charge on any atom is -0.497 e. The highest BCUT2D eigenvalue weighted by Crippen LogP contribution is 2.19. The Labute approximate surface area is 102 Å². The Morgan fingerprint density at radius 3 is 2.41 bits per heavy atom. The molecule has 2 aromatic rings. The summed E-state index contributed by atoms with van der Waals surface area (Å²) < 4.78 is 5.14. The molecule has 0 aromatic heterocycles. The van der Waals surface area contributed by atoms with Gasteiger partial charge in [0, 0.05) is 5.69 Å². The zero-order valence-corrected chi connectivity index (χ0v) is 10.2. The molecule has 2 N–H and O–H groups in total. The smallest absolute Gasteiger partial charge is 0.118 e. The third kappa shape index (κ3) is 2.78. The first-order valence-electron chi connectivity index (χ1n) is 5.67. The largest absolute Gasteiger partial charge is 0.497 e. The van der Waals surface area contributed by atoms with Crippen LogP contribution in [0.3, 0.4) is 0 Å². The Morgan fingerprint density at radius 2 is 1.76 bits per heavy atom. The molecule has 0 bridgehead atoms. The van der Waals surface area contributed by atoms with E-state index in [1.807, 2.05) is 24.3 Å². The molecule has 0 aliphatic rings. The molecule has 0 fully saturated rings. The number of benzene rings is 2. The van der Waals surface area contributed by atoms with Crippen LogP contribution in [-0.2, 0) is 6.42 Å². The molecule has 0 saturated carbocycles. The number of rotatable bonds is 3. The van der Waals surface area contributed by atoms with Gasteiger partial charge in [-0.25, -0.2) is 0 Å². The molecule has 0 radical (unpaired) electrons. The molecule has 0 spiro atoms. The summed E-state index contributed by atoms with van der Waals surface area (Å²) in [6.45, 7) is 2.08. The van der Waals surface area contributed by atoms with Gasteiger partial charge in [0.1, 0.15) is 5.75 Å². The van der Waals surface area contributed by atoms with Crippen LogP contribution >= 0.6 is 0 Å². The van der Waals surface area contributed by atoms with E-state index in [0.29, 0.717) is 0 Å². The quantitative estimate of drug-likeness (QED) is 0.817. The van der Waals surface area contributed by atoms with Crippen molar-refractivity contribution >= 4 is 5.69 Å². The highest BCUT2D eigenvalue weighted by atomic mass is 16.5. The van der Waals surface area contributed by atoms with Crippen LogP contribution in [0.2, 0.25) is 0 Å². The number of nitrogens with two attached hydrogens (primary N) is 1. The van der Waals surface area contributed by atoms with E-state index in [0.717, 1.165) is 17.9 Å². The topological polar surface area (TPSA) is 35.2 Å². The molecule has 0 aliphatic heterocycles. The average molecular weight is 227 g/mol. The van der Waals surface area contributed by atoms with Crippen molar-refractivity contribution in [2.45, 2.75) is 13.3 Å². The van der Waals surface area contributed by atoms with E-state index >= 15 is 0 Å². The SMILES string of the molecule is COc1ccc(Cc2cc(C)ccc2N)cc1. The van der Waals surface area contributed by atoms with Crippen molar-refractivity contribution in [3.05, 3.63) is 59.2 Å². The maximum absolute atomic E-state index is 5.97. The van der Waals surface area contributed by atoms with Gasteiger partial charge in [-0.3, -0.25) is 0 Å². The predicted octanol–water partition coefficient (Wildman–Crippen LogP) is 3.18. The van der Waals surface area contributed by atoms with Gasteiger partial charge in [0.2, 0.25) is 0 Å². The molecule has 17 heavy (non-hydrogen) atoms. The first-order valence-corrected chi connectivity index (χ1v) is 5.67. The summed E-state index contributed by atoms with van der Waals surface area (Å²) in [5.74, 6) is 0.881. The standard InChI is InChI=1S/C15H17NO/c1-11-3-8-15(16)13(9-11)10-12-4-6-14(17-2)7-5-12/h3-9H,10,16H2,1-2H3. The molecule has 0 aliphatic carbocycles. The zero-order chi connectivity index (χ0) is 12.3. The molecule has 88 valence electrons. The maximum Gasteiger partial charge on any atom is 0.118 e. The normalized spacial score (nSPS) is 10.2. The van der Waals surface area contributed by atoms with Gasteiger partial charge in [0.05, 0.1) is 7.11 Å². The van der Waals surface area contributed by atoms with Crippen LogP contribution < -0.4 is 10.5 Å². The van der Waals surface area contributed by atoms with Crippen LogP contribution in [0.1, 0.15) is 16.7 Å². The molecule has 0 heterocycles. The van der Waals surface area contributed by atoms with Gasteiger partial charge >= 0.3 is 0 Å². The van der Waals surface area contributed by atoms with E-state index in [4.69, 9.17) is 10.5 Å². The van der Waals surface area contributed by atoms with E-state index in [-0.39, 0.29) is 0 Å². The minimum absolute atomic E-state index is 0.853. The summed E-state index contributed by atoms with van der Waals surface area (Å²) in [4.78, 5) is 0. The summed E-state index contributed by atoms with van der Waals surface area (Å²) in [6.07, 6.45) is 0.859. The van der Waals surface area contributed by atoms with Crippen molar-refractivity contribution in [3.8, 4) is 5.75 Å². The lowest BCUT2D eigenvalue weighted by atomic mass is 10.0. The number of anilines is 1. The maximum atomic E-state index is 5.97. The molecule has 0 saturated heterocycles. The highest BCUT2D eigenvalue weighted by molar-refractivity contribution is 5.50. The number of ether oxygens (including phenoxy) is 1. The van der Waals surface area contributed by atoms with Crippen molar-refractivity contribution in [1.29, 1.82) is 0 Å². The third-order valence-electron chi connectivity index (χ3n) is 2.85. The van der Waals surface area contributed by atoms with E-state index in [1.165, 1.54) is 16.7 Å². The molecule has 2 rings (SSSR count). The Bertz CT molecular complexity index is 503. The van der Waals surface area contributed by atoms with E-state index in [9.17, 15) is 0 Å². The van der Waals surface area contributed by atoms with Gasteiger partial charge < -0.3 is 10.5 Å². The van der Waals surface area contributed by atoms with Crippen LogP contribution in [0.4, 0.5) is 5.69 Å². The number of nitrogen functional groups attached to an aromatic ring is 1. The van der Waals surface area contributed by atoms with Crippen molar-refractivity contribution in [3.63, 3.8) is 0 Å². The van der Waals surface area contributed by atoms with Crippen molar-refractivity contribution < 1.29 is 4.74 Å². The summed E-state index contributed by atoms with van der Waals surface area (Å²) in [5.41, 5.74) is 10.5. The monoisotopic (exact) mass is 227 g/mol. The molecule has 2 aromatic carbocycles. The molecule has 0 unspecified atom stereocenters.